The summed E-state index contributed by atoms with van der Waals surface area (Å²) in [5.74, 6) is 3.94. The van der Waals surface area contributed by atoms with Gasteiger partial charge >= 0.3 is 12.1 Å². The van der Waals surface area contributed by atoms with E-state index in [1.165, 1.54) is 30.0 Å². The van der Waals surface area contributed by atoms with Crippen molar-refractivity contribution in [2.24, 2.45) is 0 Å². The molecule has 2 aromatic rings. The summed E-state index contributed by atoms with van der Waals surface area (Å²) < 4.78 is 67.8. The second-order valence-electron chi connectivity index (χ2n) is 7.62. The maximum atomic E-state index is 13.2. The zero-order valence-electron chi connectivity index (χ0n) is 18.1. The molecule has 1 amide bonds. The molecule has 0 atom stereocenters. The molecule has 0 radical (unpaired) electrons. The zero-order valence-corrected chi connectivity index (χ0v) is 18.9. The quantitative estimate of drug-likeness (QED) is 0.466. The summed E-state index contributed by atoms with van der Waals surface area (Å²) in [7, 11) is -4.17. The predicted octanol–water partition coefficient (Wildman–Crippen LogP) is 4.02. The molecule has 0 unspecified atom stereocenters. The summed E-state index contributed by atoms with van der Waals surface area (Å²) in [5.41, 5.74) is -0.0211. The molecule has 34 heavy (non-hydrogen) atoms. The van der Waals surface area contributed by atoms with Crippen LogP contribution in [0.1, 0.15) is 42.9 Å². The minimum atomic E-state index is -4.65. The molecule has 3 rings (SSSR count). The highest BCUT2D eigenvalue weighted by atomic mass is 32.2. The third kappa shape index (κ3) is 5.88. The second-order valence-corrected chi connectivity index (χ2v) is 9.31. The number of unbranched alkanes of at least 4 members (excludes halogenated alkanes) is 1. The first-order valence-electron chi connectivity index (χ1n) is 10.2. The highest BCUT2D eigenvalue weighted by Crippen LogP contribution is 2.33. The van der Waals surface area contributed by atoms with E-state index in [-0.39, 0.29) is 41.3 Å². The Bertz CT molecular complexity index is 1290. The fourth-order valence-electron chi connectivity index (χ4n) is 3.47. The molecule has 0 aliphatic carbocycles. The molecule has 1 heterocycles. The number of carboxylic acids is 1. The van der Waals surface area contributed by atoms with E-state index in [9.17, 15) is 31.2 Å². The molecule has 180 valence electrons. The van der Waals surface area contributed by atoms with Gasteiger partial charge in [-0.05, 0) is 54.8 Å². The van der Waals surface area contributed by atoms with Crippen molar-refractivity contribution in [2.45, 2.75) is 43.7 Å². The molecule has 0 fully saturated rings. The van der Waals surface area contributed by atoms with E-state index in [2.05, 4.69) is 16.6 Å². The third-order valence-electron chi connectivity index (χ3n) is 5.14. The van der Waals surface area contributed by atoms with Crippen LogP contribution in [0.4, 0.5) is 24.5 Å². The minimum absolute atomic E-state index is 0.100. The molecule has 2 N–H and O–H groups in total. The Morgan fingerprint density at radius 1 is 1.18 bits per heavy atom. The fourth-order valence-corrected chi connectivity index (χ4v) is 4.60. The largest absolute Gasteiger partial charge is 0.481 e. The van der Waals surface area contributed by atoms with Gasteiger partial charge in [0.25, 0.3) is 10.0 Å². The van der Waals surface area contributed by atoms with Crippen LogP contribution in [-0.4, -0.2) is 31.9 Å². The van der Waals surface area contributed by atoms with Gasteiger partial charge in [-0.25, -0.2) is 8.42 Å². The van der Waals surface area contributed by atoms with Crippen molar-refractivity contribution < 1.29 is 36.3 Å². The molecule has 11 heteroatoms. The summed E-state index contributed by atoms with van der Waals surface area (Å²) in [6, 6.07) is 6.77. The monoisotopic (exact) mass is 494 g/mol. The van der Waals surface area contributed by atoms with Gasteiger partial charge in [0.1, 0.15) is 0 Å². The van der Waals surface area contributed by atoms with Crippen LogP contribution in [0.25, 0.3) is 0 Å². The molecule has 2 aromatic carbocycles. The molecule has 7 nitrogen and oxygen atoms in total. The van der Waals surface area contributed by atoms with Crippen molar-refractivity contribution in [2.75, 3.05) is 16.2 Å². The number of fused-ring (bicyclic) bond motifs is 1. The number of sulfonamides is 1. The summed E-state index contributed by atoms with van der Waals surface area (Å²) in [5, 5.41) is 8.67. The van der Waals surface area contributed by atoms with E-state index in [1.807, 2.05) is 0 Å². The lowest BCUT2D eigenvalue weighted by molar-refractivity contribution is -0.138. The van der Waals surface area contributed by atoms with Crippen molar-refractivity contribution in [3.05, 3.63) is 53.1 Å². The van der Waals surface area contributed by atoms with Crippen LogP contribution in [0.3, 0.4) is 0 Å². The summed E-state index contributed by atoms with van der Waals surface area (Å²) >= 11 is 0. The van der Waals surface area contributed by atoms with Crippen LogP contribution < -0.4 is 9.62 Å². The SMILES string of the molecule is CC(=O)N1CCc2cc(S(=O)(=O)Nc3ccc(C(F)(F)F)cc3C#CCCCC(=O)O)ccc21. The van der Waals surface area contributed by atoms with Crippen molar-refractivity contribution in [3.8, 4) is 11.8 Å². The lowest BCUT2D eigenvalue weighted by Crippen LogP contribution is -2.25. The Balaban J connectivity index is 1.91. The summed E-state index contributed by atoms with van der Waals surface area (Å²) in [6.07, 6.45) is -4.00. The van der Waals surface area contributed by atoms with Gasteiger partial charge < -0.3 is 10.0 Å². The van der Waals surface area contributed by atoms with Crippen molar-refractivity contribution >= 4 is 33.3 Å². The average molecular weight is 494 g/mol. The van der Waals surface area contributed by atoms with Gasteiger partial charge in [0.2, 0.25) is 5.91 Å². The fraction of sp³-hybridized carbons (Fsp3) is 0.304. The molecule has 1 aliphatic rings. The molecule has 0 spiro atoms. The Morgan fingerprint density at radius 3 is 2.56 bits per heavy atom. The van der Waals surface area contributed by atoms with Gasteiger partial charge in [-0.15, -0.1) is 0 Å². The summed E-state index contributed by atoms with van der Waals surface area (Å²) in [6.45, 7) is 1.85. The number of carboxylic acid groups (broad SMARTS) is 1. The number of carbonyl (C=O) groups excluding carboxylic acids is 1. The van der Waals surface area contributed by atoms with Gasteiger partial charge in [-0.2, -0.15) is 13.2 Å². The number of rotatable bonds is 6. The number of hydrogen-bond acceptors (Lipinski definition) is 4. The van der Waals surface area contributed by atoms with E-state index in [0.717, 1.165) is 18.2 Å². The maximum Gasteiger partial charge on any atom is 0.416 e. The van der Waals surface area contributed by atoms with Gasteiger partial charge in [0.15, 0.2) is 0 Å². The normalized spacial score (nSPS) is 13.1. The van der Waals surface area contributed by atoms with Crippen LogP contribution in [-0.2, 0) is 32.2 Å². The molecular formula is C23H21F3N2O5S. The van der Waals surface area contributed by atoms with Crippen LogP contribution in [0.5, 0.6) is 0 Å². The highest BCUT2D eigenvalue weighted by Gasteiger charge is 2.31. The number of nitrogens with zero attached hydrogens (tertiary/aromatic N) is 1. The third-order valence-corrected chi connectivity index (χ3v) is 6.51. The van der Waals surface area contributed by atoms with Crippen molar-refractivity contribution in [1.29, 1.82) is 0 Å². The first-order valence-corrected chi connectivity index (χ1v) is 11.7. The number of benzene rings is 2. The first kappa shape index (κ1) is 25.1. The zero-order chi connectivity index (χ0) is 25.1. The number of halogens is 3. The van der Waals surface area contributed by atoms with Crippen LogP contribution in [0, 0.1) is 11.8 Å². The van der Waals surface area contributed by atoms with Crippen LogP contribution in [0.2, 0.25) is 0 Å². The van der Waals surface area contributed by atoms with Gasteiger partial charge in [-0.3, -0.25) is 14.3 Å². The molecule has 0 bridgehead atoms. The molecule has 1 aliphatic heterocycles. The topological polar surface area (TPSA) is 104 Å². The number of nitrogens with one attached hydrogen (secondary N) is 1. The van der Waals surface area contributed by atoms with Crippen LogP contribution in [0.15, 0.2) is 41.3 Å². The number of carbonyl (C=O) groups is 2. The Labute approximate surface area is 194 Å². The van der Waals surface area contributed by atoms with Crippen molar-refractivity contribution in [3.63, 3.8) is 0 Å². The molecule has 0 saturated heterocycles. The maximum absolute atomic E-state index is 13.2. The number of amides is 1. The molecule has 0 saturated carbocycles. The van der Waals surface area contributed by atoms with Gasteiger partial charge in [-0.1, -0.05) is 11.8 Å². The van der Waals surface area contributed by atoms with Crippen LogP contribution >= 0.6 is 0 Å². The lowest BCUT2D eigenvalue weighted by Gasteiger charge is -2.16. The predicted molar refractivity (Wildman–Crippen MR) is 119 cm³/mol. The van der Waals surface area contributed by atoms with E-state index >= 15 is 0 Å². The standard InChI is InChI=1S/C23H21F3N2O5S/c1-15(29)28-12-11-17-14-19(8-10-21(17)28)34(32,33)27-20-9-7-18(23(24,25)26)13-16(20)5-3-2-4-6-22(30)31/h7-10,13-14,27H,2,4,6,11-12H2,1H3,(H,30,31). The Kier molecular flexibility index (Phi) is 7.21. The number of alkyl halides is 3. The van der Waals surface area contributed by atoms with E-state index in [4.69, 9.17) is 5.11 Å². The van der Waals surface area contributed by atoms with Crippen molar-refractivity contribution in [1.82, 2.24) is 0 Å². The second kappa shape index (κ2) is 9.77. The summed E-state index contributed by atoms with van der Waals surface area (Å²) in [4.78, 5) is 23.7. The smallest absolute Gasteiger partial charge is 0.416 e. The lowest BCUT2D eigenvalue weighted by atomic mass is 10.1. The number of aliphatic carboxylic acids is 1. The number of hydrogen-bond donors (Lipinski definition) is 2. The van der Waals surface area contributed by atoms with Gasteiger partial charge in [0, 0.05) is 37.6 Å². The Morgan fingerprint density at radius 2 is 1.91 bits per heavy atom. The first-order chi connectivity index (χ1) is 15.9. The number of anilines is 2. The van der Waals surface area contributed by atoms with E-state index < -0.39 is 27.7 Å². The van der Waals surface area contributed by atoms with E-state index in [0.29, 0.717) is 24.2 Å². The van der Waals surface area contributed by atoms with E-state index in [1.54, 1.807) is 0 Å². The minimum Gasteiger partial charge on any atom is -0.481 e. The molecule has 0 aromatic heterocycles. The highest BCUT2D eigenvalue weighted by molar-refractivity contribution is 7.92. The van der Waals surface area contributed by atoms with Gasteiger partial charge in [0.05, 0.1) is 16.1 Å². The molecular weight excluding hydrogens is 473 g/mol. The average Bonchev–Trinajstić information content (AvgIpc) is 3.17. The Hall–Kier alpha value is -3.52.